The fourth-order valence-electron chi connectivity index (χ4n) is 1.14. The van der Waals surface area contributed by atoms with E-state index in [1.165, 1.54) is 4.31 Å². The van der Waals surface area contributed by atoms with Crippen LogP contribution in [0.15, 0.2) is 0 Å². The molecule has 7 heteroatoms. The molecule has 0 aromatic heterocycles. The third kappa shape index (κ3) is 6.70. The molecule has 0 aliphatic carbocycles. The molecular weight excluding hydrogens is 246 g/mol. The van der Waals surface area contributed by atoms with E-state index in [2.05, 4.69) is 4.72 Å². The fourth-order valence-corrected chi connectivity index (χ4v) is 2.91. The lowest BCUT2D eigenvalue weighted by Gasteiger charge is -2.19. The highest BCUT2D eigenvalue weighted by molar-refractivity contribution is 7.98. The molecule has 0 aliphatic rings. The van der Waals surface area contributed by atoms with Crippen molar-refractivity contribution in [3.8, 4) is 0 Å². The Morgan fingerprint density at radius 2 is 2.12 bits per heavy atom. The molecule has 0 radical (unpaired) electrons. The summed E-state index contributed by atoms with van der Waals surface area (Å²) < 4.78 is 27.3. The minimum Gasteiger partial charge on any atom is -0.330 e. The van der Waals surface area contributed by atoms with Crippen LogP contribution >= 0.6 is 11.8 Å². The van der Waals surface area contributed by atoms with Crippen LogP contribution in [0.2, 0.25) is 0 Å². The van der Waals surface area contributed by atoms with Crippen molar-refractivity contribution in [3.05, 3.63) is 0 Å². The number of thioether (sulfide) groups is 1. The summed E-state index contributed by atoms with van der Waals surface area (Å²) in [6.45, 7) is 3.47. The fraction of sp³-hybridized carbons (Fsp3) is 1.00. The Hall–Kier alpha value is 0.180. The van der Waals surface area contributed by atoms with Crippen LogP contribution in [0.1, 0.15) is 13.3 Å². The van der Waals surface area contributed by atoms with Crippen LogP contribution in [0.3, 0.4) is 0 Å². The van der Waals surface area contributed by atoms with Gasteiger partial charge in [0.2, 0.25) is 0 Å². The third-order valence-corrected chi connectivity index (χ3v) is 4.59. The maximum atomic E-state index is 11.7. The molecule has 0 aromatic rings. The Kier molecular flexibility index (Phi) is 8.39. The number of nitrogens with one attached hydrogen (secondary N) is 1. The monoisotopic (exact) mass is 269 g/mol. The summed E-state index contributed by atoms with van der Waals surface area (Å²) in [7, 11) is -1.76. The smallest absolute Gasteiger partial charge is 0.279 e. The van der Waals surface area contributed by atoms with E-state index in [-0.39, 0.29) is 0 Å². The zero-order valence-corrected chi connectivity index (χ0v) is 11.9. The molecule has 1 atom stereocenters. The number of nitrogens with two attached hydrogens (primary N) is 1. The molecule has 0 saturated carbocycles. The van der Waals surface area contributed by atoms with Gasteiger partial charge in [0.1, 0.15) is 0 Å². The van der Waals surface area contributed by atoms with Crippen molar-refractivity contribution in [2.24, 2.45) is 11.7 Å². The standard InChI is InChI=1S/C9H23N3O2S2/c1-9(8-15-3)7-11-16(13,14)12(2)6-4-5-10/h9,11H,4-8,10H2,1-3H3. The largest absolute Gasteiger partial charge is 0.330 e. The van der Waals surface area contributed by atoms with E-state index < -0.39 is 10.2 Å². The van der Waals surface area contributed by atoms with E-state index >= 15 is 0 Å². The van der Waals surface area contributed by atoms with E-state index in [0.717, 1.165) is 5.75 Å². The van der Waals surface area contributed by atoms with Crippen LogP contribution < -0.4 is 10.5 Å². The first-order chi connectivity index (χ1) is 7.44. The van der Waals surface area contributed by atoms with Crippen LogP contribution in [0.25, 0.3) is 0 Å². The van der Waals surface area contributed by atoms with Gasteiger partial charge in [0.05, 0.1) is 0 Å². The average Bonchev–Trinajstić information content (AvgIpc) is 2.23. The third-order valence-electron chi connectivity index (χ3n) is 2.15. The van der Waals surface area contributed by atoms with Gasteiger partial charge in [-0.15, -0.1) is 0 Å². The Morgan fingerprint density at radius 3 is 2.62 bits per heavy atom. The number of hydrogen-bond donors (Lipinski definition) is 2. The summed E-state index contributed by atoms with van der Waals surface area (Å²) in [5.74, 6) is 1.29. The minimum atomic E-state index is -3.33. The van der Waals surface area contributed by atoms with E-state index in [9.17, 15) is 8.42 Å². The van der Waals surface area contributed by atoms with Crippen molar-refractivity contribution >= 4 is 22.0 Å². The van der Waals surface area contributed by atoms with E-state index in [4.69, 9.17) is 5.73 Å². The Balaban J connectivity index is 4.03. The molecule has 5 nitrogen and oxygen atoms in total. The van der Waals surface area contributed by atoms with Crippen molar-refractivity contribution < 1.29 is 8.42 Å². The summed E-state index contributed by atoms with van der Waals surface area (Å²) in [6.07, 6.45) is 2.69. The normalized spacial score (nSPS) is 14.3. The molecular formula is C9H23N3O2S2. The molecule has 0 aliphatic heterocycles. The van der Waals surface area contributed by atoms with Gasteiger partial charge < -0.3 is 5.73 Å². The van der Waals surface area contributed by atoms with Crippen molar-refractivity contribution in [1.82, 2.24) is 9.03 Å². The van der Waals surface area contributed by atoms with Gasteiger partial charge in [-0.25, -0.2) is 4.72 Å². The molecule has 0 aromatic carbocycles. The summed E-state index contributed by atoms with van der Waals surface area (Å²) in [6, 6.07) is 0. The van der Waals surface area contributed by atoms with Gasteiger partial charge in [0.15, 0.2) is 0 Å². The van der Waals surface area contributed by atoms with Gasteiger partial charge in [0, 0.05) is 20.1 Å². The summed E-state index contributed by atoms with van der Waals surface area (Å²) in [4.78, 5) is 0. The zero-order chi connectivity index (χ0) is 12.6. The van der Waals surface area contributed by atoms with E-state index in [1.807, 2.05) is 13.2 Å². The summed E-state index contributed by atoms with van der Waals surface area (Å²) >= 11 is 1.72. The summed E-state index contributed by atoms with van der Waals surface area (Å²) in [5, 5.41) is 0. The maximum absolute atomic E-state index is 11.7. The second-order valence-corrected chi connectivity index (χ2v) is 6.65. The SMILES string of the molecule is CSCC(C)CNS(=O)(=O)N(C)CCCN. The molecule has 0 saturated heterocycles. The zero-order valence-electron chi connectivity index (χ0n) is 10.3. The van der Waals surface area contributed by atoms with Gasteiger partial charge in [-0.1, -0.05) is 6.92 Å². The molecule has 1 unspecified atom stereocenters. The van der Waals surface area contributed by atoms with Crippen molar-refractivity contribution in [2.45, 2.75) is 13.3 Å². The van der Waals surface area contributed by atoms with Crippen molar-refractivity contribution in [3.63, 3.8) is 0 Å². The second-order valence-electron chi connectivity index (χ2n) is 3.88. The highest BCUT2D eigenvalue weighted by atomic mass is 32.2. The van der Waals surface area contributed by atoms with Gasteiger partial charge in [0.25, 0.3) is 10.2 Å². The van der Waals surface area contributed by atoms with Crippen LogP contribution in [-0.4, -0.2) is 51.4 Å². The molecule has 0 fully saturated rings. The quantitative estimate of drug-likeness (QED) is 0.622. The molecule has 0 amide bonds. The molecule has 16 heavy (non-hydrogen) atoms. The van der Waals surface area contributed by atoms with Gasteiger partial charge >= 0.3 is 0 Å². The second kappa shape index (κ2) is 8.30. The first kappa shape index (κ1) is 16.2. The highest BCUT2D eigenvalue weighted by Crippen LogP contribution is 2.04. The maximum Gasteiger partial charge on any atom is 0.279 e. The topological polar surface area (TPSA) is 75.4 Å². The van der Waals surface area contributed by atoms with Crippen molar-refractivity contribution in [2.75, 3.05) is 38.7 Å². The molecule has 0 rings (SSSR count). The van der Waals surface area contributed by atoms with Crippen LogP contribution in [-0.2, 0) is 10.2 Å². The molecule has 0 heterocycles. The highest BCUT2D eigenvalue weighted by Gasteiger charge is 2.17. The first-order valence-electron chi connectivity index (χ1n) is 5.34. The number of nitrogens with zero attached hydrogens (tertiary/aromatic N) is 1. The number of rotatable bonds is 9. The van der Waals surface area contributed by atoms with E-state index in [0.29, 0.717) is 32.0 Å². The molecule has 0 bridgehead atoms. The lowest BCUT2D eigenvalue weighted by Crippen LogP contribution is -2.41. The average molecular weight is 269 g/mol. The summed E-state index contributed by atoms with van der Waals surface area (Å²) in [5.41, 5.74) is 5.34. The van der Waals surface area contributed by atoms with E-state index in [1.54, 1.807) is 18.8 Å². The molecule has 0 spiro atoms. The van der Waals surface area contributed by atoms with Gasteiger partial charge in [-0.3, -0.25) is 0 Å². The first-order valence-corrected chi connectivity index (χ1v) is 8.17. The molecule has 3 N–H and O–H groups in total. The predicted octanol–water partition coefficient (Wildman–Crippen LogP) is 0.101. The molecule has 98 valence electrons. The van der Waals surface area contributed by atoms with Crippen LogP contribution in [0.4, 0.5) is 0 Å². The van der Waals surface area contributed by atoms with Crippen molar-refractivity contribution in [1.29, 1.82) is 0 Å². The Labute approximate surface area is 103 Å². The van der Waals surface area contributed by atoms with Gasteiger partial charge in [-0.2, -0.15) is 24.5 Å². The lowest BCUT2D eigenvalue weighted by molar-refractivity contribution is 0.448. The van der Waals surface area contributed by atoms with Crippen LogP contribution in [0, 0.1) is 5.92 Å². The van der Waals surface area contributed by atoms with Crippen LogP contribution in [0.5, 0.6) is 0 Å². The lowest BCUT2D eigenvalue weighted by atomic mass is 10.2. The Morgan fingerprint density at radius 1 is 1.50 bits per heavy atom. The number of hydrogen-bond acceptors (Lipinski definition) is 4. The predicted molar refractivity (Wildman–Crippen MR) is 70.8 cm³/mol. The van der Waals surface area contributed by atoms with Gasteiger partial charge in [-0.05, 0) is 30.9 Å². The Bertz CT molecular complexity index is 270. The minimum absolute atomic E-state index is 0.340.